The van der Waals surface area contributed by atoms with Crippen LogP contribution in [0.1, 0.15) is 20.8 Å². The molecule has 0 saturated heterocycles. The first-order valence-electron chi connectivity index (χ1n) is 4.53. The van der Waals surface area contributed by atoms with Crippen LogP contribution >= 0.6 is 15.9 Å². The van der Waals surface area contributed by atoms with Gasteiger partial charge in [0.1, 0.15) is 0 Å². The molecule has 14 heavy (non-hydrogen) atoms. The summed E-state index contributed by atoms with van der Waals surface area (Å²) in [7, 11) is 1.61. The number of alkyl halides is 1. The van der Waals surface area contributed by atoms with Gasteiger partial charge in [-0.2, -0.15) is 0 Å². The molecule has 0 aromatic carbocycles. The van der Waals surface area contributed by atoms with Crippen molar-refractivity contribution in [2.75, 3.05) is 13.6 Å². The number of hydrogen-bond donors (Lipinski definition) is 1. The highest BCUT2D eigenvalue weighted by Crippen LogP contribution is 2.01. The van der Waals surface area contributed by atoms with Crippen LogP contribution in [0.4, 0.5) is 0 Å². The summed E-state index contributed by atoms with van der Waals surface area (Å²) in [5.41, 5.74) is 0. The molecule has 0 bridgehead atoms. The summed E-state index contributed by atoms with van der Waals surface area (Å²) in [4.78, 5) is 23.8. The third-order valence-corrected chi connectivity index (χ3v) is 1.94. The Bertz CT molecular complexity index is 217. The number of nitrogens with zero attached hydrogens (tertiary/aromatic N) is 1. The van der Waals surface area contributed by atoms with E-state index in [4.69, 9.17) is 0 Å². The number of halogens is 1. The highest BCUT2D eigenvalue weighted by Gasteiger charge is 2.16. The van der Waals surface area contributed by atoms with E-state index in [2.05, 4.69) is 21.2 Å². The molecule has 1 N–H and O–H groups in total. The summed E-state index contributed by atoms with van der Waals surface area (Å²) in [5.74, 6) is -0.229. The Morgan fingerprint density at radius 3 is 2.21 bits per heavy atom. The SMILES string of the molecule is CC(C)NC(=O)CN(C)C(=O)C(C)Br. The lowest BCUT2D eigenvalue weighted by molar-refractivity contribution is -0.134. The third-order valence-electron chi connectivity index (χ3n) is 1.55. The fourth-order valence-corrected chi connectivity index (χ4v) is 1.31. The molecule has 2 amide bonds. The van der Waals surface area contributed by atoms with Gasteiger partial charge in [-0.3, -0.25) is 9.59 Å². The first kappa shape index (κ1) is 13.4. The maximum Gasteiger partial charge on any atom is 0.239 e. The lowest BCUT2D eigenvalue weighted by Gasteiger charge is -2.18. The van der Waals surface area contributed by atoms with Crippen LogP contribution in [0.5, 0.6) is 0 Å². The number of carbonyl (C=O) groups is 2. The van der Waals surface area contributed by atoms with Crippen molar-refractivity contribution in [3.8, 4) is 0 Å². The molecule has 0 spiro atoms. The Kier molecular flexibility index (Phi) is 5.76. The maximum atomic E-state index is 11.4. The summed E-state index contributed by atoms with van der Waals surface area (Å²) in [6.07, 6.45) is 0. The zero-order valence-electron chi connectivity index (χ0n) is 9.00. The lowest BCUT2D eigenvalue weighted by atomic mass is 10.3. The van der Waals surface area contributed by atoms with E-state index in [9.17, 15) is 9.59 Å². The van der Waals surface area contributed by atoms with Crippen molar-refractivity contribution in [2.24, 2.45) is 0 Å². The fraction of sp³-hybridized carbons (Fsp3) is 0.778. The quantitative estimate of drug-likeness (QED) is 0.763. The summed E-state index contributed by atoms with van der Waals surface area (Å²) < 4.78 is 0. The number of hydrogen-bond acceptors (Lipinski definition) is 2. The van der Waals surface area contributed by atoms with E-state index in [0.717, 1.165) is 0 Å². The van der Waals surface area contributed by atoms with Gasteiger partial charge in [0.15, 0.2) is 0 Å². The maximum absolute atomic E-state index is 11.4. The van der Waals surface area contributed by atoms with Crippen LogP contribution in [0.2, 0.25) is 0 Å². The van der Waals surface area contributed by atoms with Gasteiger partial charge in [0, 0.05) is 13.1 Å². The molecule has 0 fully saturated rings. The van der Waals surface area contributed by atoms with Crippen molar-refractivity contribution in [3.63, 3.8) is 0 Å². The van der Waals surface area contributed by atoms with Crippen LogP contribution < -0.4 is 5.32 Å². The van der Waals surface area contributed by atoms with Crippen molar-refractivity contribution in [2.45, 2.75) is 31.6 Å². The Morgan fingerprint density at radius 1 is 1.36 bits per heavy atom. The first-order chi connectivity index (χ1) is 6.34. The molecule has 1 atom stereocenters. The largest absolute Gasteiger partial charge is 0.352 e. The average molecular weight is 265 g/mol. The van der Waals surface area contributed by atoms with Gasteiger partial charge in [0.2, 0.25) is 11.8 Å². The van der Waals surface area contributed by atoms with Crippen LogP contribution in [0, 0.1) is 0 Å². The minimum absolute atomic E-state index is 0.0936. The highest BCUT2D eigenvalue weighted by molar-refractivity contribution is 9.10. The molecule has 1 unspecified atom stereocenters. The van der Waals surface area contributed by atoms with Gasteiger partial charge >= 0.3 is 0 Å². The van der Waals surface area contributed by atoms with Crippen LogP contribution in [0.3, 0.4) is 0 Å². The fourth-order valence-electron chi connectivity index (χ4n) is 0.965. The molecule has 0 aliphatic heterocycles. The van der Waals surface area contributed by atoms with Crippen LogP contribution in [-0.4, -0.2) is 41.2 Å². The summed E-state index contributed by atoms with van der Waals surface area (Å²) in [5, 5.41) is 2.72. The second-order valence-electron chi connectivity index (χ2n) is 3.53. The molecule has 0 aromatic heterocycles. The standard InChI is InChI=1S/C9H17BrN2O2/c1-6(2)11-8(13)5-12(4)9(14)7(3)10/h6-7H,5H2,1-4H3,(H,11,13). The molecule has 0 heterocycles. The molecule has 0 saturated carbocycles. The summed E-state index contributed by atoms with van der Waals surface area (Å²) in [6, 6.07) is 0.104. The van der Waals surface area contributed by atoms with E-state index < -0.39 is 0 Å². The van der Waals surface area contributed by atoms with Gasteiger partial charge in [-0.1, -0.05) is 15.9 Å². The van der Waals surface area contributed by atoms with Gasteiger partial charge in [0.25, 0.3) is 0 Å². The molecule has 0 rings (SSSR count). The second-order valence-corrected chi connectivity index (χ2v) is 4.91. The van der Waals surface area contributed by atoms with E-state index in [0.29, 0.717) is 0 Å². The van der Waals surface area contributed by atoms with Crippen LogP contribution in [-0.2, 0) is 9.59 Å². The summed E-state index contributed by atoms with van der Waals surface area (Å²) in [6.45, 7) is 5.60. The Balaban J connectivity index is 4.00. The topological polar surface area (TPSA) is 49.4 Å². The van der Waals surface area contributed by atoms with E-state index in [1.54, 1.807) is 14.0 Å². The Labute approximate surface area is 93.2 Å². The Hall–Kier alpha value is -0.580. The smallest absolute Gasteiger partial charge is 0.239 e. The van der Waals surface area contributed by atoms with E-state index in [1.807, 2.05) is 13.8 Å². The predicted molar refractivity (Wildman–Crippen MR) is 59.3 cm³/mol. The average Bonchev–Trinajstić information content (AvgIpc) is 2.00. The molecule has 0 radical (unpaired) electrons. The van der Waals surface area contributed by atoms with Crippen LogP contribution in [0.25, 0.3) is 0 Å². The number of amides is 2. The van der Waals surface area contributed by atoms with Gasteiger partial charge in [-0.25, -0.2) is 0 Å². The molecule has 4 nitrogen and oxygen atoms in total. The molecular formula is C9H17BrN2O2. The third kappa shape index (κ3) is 5.21. The minimum atomic E-state index is -0.251. The van der Waals surface area contributed by atoms with E-state index in [1.165, 1.54) is 4.90 Å². The number of carbonyl (C=O) groups excluding carboxylic acids is 2. The molecule has 82 valence electrons. The zero-order chi connectivity index (χ0) is 11.3. The molecule has 5 heteroatoms. The zero-order valence-corrected chi connectivity index (χ0v) is 10.6. The normalized spacial score (nSPS) is 12.4. The van der Waals surface area contributed by atoms with Crippen molar-refractivity contribution in [1.29, 1.82) is 0 Å². The first-order valence-corrected chi connectivity index (χ1v) is 5.44. The molecular weight excluding hydrogens is 248 g/mol. The molecule has 0 aliphatic rings. The van der Waals surface area contributed by atoms with Gasteiger partial charge in [-0.05, 0) is 20.8 Å². The minimum Gasteiger partial charge on any atom is -0.352 e. The molecule has 0 aliphatic carbocycles. The van der Waals surface area contributed by atoms with Gasteiger partial charge in [-0.15, -0.1) is 0 Å². The van der Waals surface area contributed by atoms with Crippen molar-refractivity contribution in [1.82, 2.24) is 10.2 Å². The predicted octanol–water partition coefficient (Wildman–Crippen LogP) is 0.753. The van der Waals surface area contributed by atoms with Crippen molar-refractivity contribution >= 4 is 27.7 Å². The Morgan fingerprint density at radius 2 is 1.86 bits per heavy atom. The number of nitrogens with one attached hydrogen (secondary N) is 1. The molecule has 0 aromatic rings. The number of rotatable bonds is 4. The highest BCUT2D eigenvalue weighted by atomic mass is 79.9. The lowest BCUT2D eigenvalue weighted by Crippen LogP contribution is -2.42. The van der Waals surface area contributed by atoms with Gasteiger partial charge in [0.05, 0.1) is 11.4 Å². The second kappa shape index (κ2) is 6.01. The van der Waals surface area contributed by atoms with Crippen molar-refractivity contribution in [3.05, 3.63) is 0 Å². The van der Waals surface area contributed by atoms with Gasteiger partial charge < -0.3 is 10.2 Å². The number of likely N-dealkylation sites (N-methyl/N-ethyl adjacent to an activating group) is 1. The monoisotopic (exact) mass is 264 g/mol. The van der Waals surface area contributed by atoms with Crippen LogP contribution in [0.15, 0.2) is 0 Å². The van der Waals surface area contributed by atoms with E-state index >= 15 is 0 Å². The van der Waals surface area contributed by atoms with E-state index in [-0.39, 0.29) is 29.2 Å². The summed E-state index contributed by atoms with van der Waals surface area (Å²) >= 11 is 3.16. The van der Waals surface area contributed by atoms with Crippen molar-refractivity contribution < 1.29 is 9.59 Å².